The van der Waals surface area contributed by atoms with Gasteiger partial charge in [0.1, 0.15) is 11.8 Å². The Labute approximate surface area is 214 Å². The zero-order valence-electron chi connectivity index (χ0n) is 20.6. The highest BCUT2D eigenvalue weighted by Crippen LogP contribution is 2.50. The fraction of sp³-hybridized carbons (Fsp3) is 0.310. The van der Waals surface area contributed by atoms with Crippen molar-refractivity contribution in [3.63, 3.8) is 0 Å². The first-order valence-electron chi connectivity index (χ1n) is 12.4. The molecule has 8 heteroatoms. The molecule has 3 aromatic rings. The molecule has 2 aliphatic rings. The van der Waals surface area contributed by atoms with Crippen LogP contribution < -0.4 is 15.6 Å². The van der Waals surface area contributed by atoms with Crippen LogP contribution in [0.4, 0.5) is 0 Å². The maximum absolute atomic E-state index is 13.1. The van der Waals surface area contributed by atoms with Crippen LogP contribution in [0.15, 0.2) is 65.5 Å². The number of aromatic nitrogens is 1. The Kier molecular flexibility index (Phi) is 6.53. The molecule has 1 aliphatic carbocycles. The minimum atomic E-state index is -0.278. The number of hydrogen-bond donors (Lipinski definition) is 2. The first-order chi connectivity index (χ1) is 17.9. The molecular formula is C29H28N4O4. The molecule has 1 aromatic heterocycles. The summed E-state index contributed by atoms with van der Waals surface area (Å²) in [7, 11) is 0. The van der Waals surface area contributed by atoms with Gasteiger partial charge in [0.2, 0.25) is 5.56 Å². The fourth-order valence-corrected chi connectivity index (χ4v) is 5.69. The van der Waals surface area contributed by atoms with Crippen molar-refractivity contribution in [3.05, 3.63) is 99.0 Å². The van der Waals surface area contributed by atoms with Gasteiger partial charge in [0, 0.05) is 35.8 Å². The second kappa shape index (κ2) is 9.94. The average Bonchev–Trinajstić information content (AvgIpc) is 3.19. The zero-order valence-corrected chi connectivity index (χ0v) is 20.6. The van der Waals surface area contributed by atoms with Crippen molar-refractivity contribution in [1.29, 1.82) is 5.26 Å². The molecule has 1 fully saturated rings. The molecule has 1 unspecified atom stereocenters. The predicted octanol–water partition coefficient (Wildman–Crippen LogP) is 3.37. The first-order valence-corrected chi connectivity index (χ1v) is 12.4. The molecule has 1 saturated heterocycles. The number of carbonyl (C=O) groups excluding carboxylic acids is 2. The van der Waals surface area contributed by atoms with E-state index in [1.54, 1.807) is 37.3 Å². The van der Waals surface area contributed by atoms with Crippen LogP contribution in [0.25, 0.3) is 0 Å². The normalized spacial score (nSPS) is 17.6. The number of hydrogen-bond acceptors (Lipinski definition) is 5. The monoisotopic (exact) mass is 496 g/mol. The van der Waals surface area contributed by atoms with Crippen LogP contribution in [0.2, 0.25) is 0 Å². The molecule has 2 N–H and O–H groups in total. The largest absolute Gasteiger partial charge is 0.482 e. The average molecular weight is 497 g/mol. The number of nitriles is 1. The van der Waals surface area contributed by atoms with Crippen molar-refractivity contribution in [2.45, 2.75) is 37.6 Å². The van der Waals surface area contributed by atoms with Gasteiger partial charge >= 0.3 is 0 Å². The van der Waals surface area contributed by atoms with Crippen molar-refractivity contribution in [3.8, 4) is 11.8 Å². The number of nitrogens with one attached hydrogen (secondary N) is 2. The predicted molar refractivity (Wildman–Crippen MR) is 137 cm³/mol. The highest BCUT2D eigenvalue weighted by Gasteiger charge is 2.46. The maximum atomic E-state index is 13.1. The number of ether oxygens (including phenoxy) is 1. The van der Waals surface area contributed by atoms with Crippen LogP contribution in [-0.4, -0.2) is 41.4 Å². The van der Waals surface area contributed by atoms with Crippen molar-refractivity contribution in [2.75, 3.05) is 19.7 Å². The molecule has 0 saturated carbocycles. The summed E-state index contributed by atoms with van der Waals surface area (Å²) in [6.45, 7) is 2.74. The van der Waals surface area contributed by atoms with E-state index >= 15 is 0 Å². The Morgan fingerprint density at radius 1 is 1.14 bits per heavy atom. The smallest absolute Gasteiger partial charge is 0.258 e. The number of likely N-dealkylation sites (tertiary alicyclic amines) is 1. The van der Waals surface area contributed by atoms with Crippen LogP contribution in [0.5, 0.6) is 5.75 Å². The van der Waals surface area contributed by atoms with Gasteiger partial charge in [-0.3, -0.25) is 14.4 Å². The SMILES string of the molecule is Cc1cc(C(=O)N2CCC3(CC2)CC(NC(=O)COc2ccccc2C#N)c2ccccc23)cc(=O)[nH]1. The highest BCUT2D eigenvalue weighted by atomic mass is 16.5. The third kappa shape index (κ3) is 4.85. The molecule has 2 aromatic carbocycles. The number of aromatic amines is 1. The van der Waals surface area contributed by atoms with Gasteiger partial charge in [-0.2, -0.15) is 5.26 Å². The van der Waals surface area contributed by atoms with E-state index in [4.69, 9.17) is 4.74 Å². The van der Waals surface area contributed by atoms with Crippen LogP contribution in [0.3, 0.4) is 0 Å². The van der Waals surface area contributed by atoms with Crippen LogP contribution >= 0.6 is 0 Å². The second-order valence-corrected chi connectivity index (χ2v) is 9.80. The van der Waals surface area contributed by atoms with E-state index in [0.29, 0.717) is 35.7 Å². The minimum absolute atomic E-state index is 0.130. The van der Waals surface area contributed by atoms with E-state index in [1.165, 1.54) is 11.6 Å². The maximum Gasteiger partial charge on any atom is 0.258 e. The highest BCUT2D eigenvalue weighted by molar-refractivity contribution is 5.94. The Bertz CT molecular complexity index is 1450. The quantitative estimate of drug-likeness (QED) is 0.562. The summed E-state index contributed by atoms with van der Waals surface area (Å²) in [6, 6.07) is 20.0. The van der Waals surface area contributed by atoms with Gasteiger partial charge in [0.15, 0.2) is 6.61 Å². The van der Waals surface area contributed by atoms with Gasteiger partial charge in [-0.05, 0) is 55.5 Å². The van der Waals surface area contributed by atoms with Crippen LogP contribution in [0, 0.1) is 18.3 Å². The lowest BCUT2D eigenvalue weighted by molar-refractivity contribution is -0.123. The number of nitrogens with zero attached hydrogens (tertiary/aromatic N) is 2. The topological polar surface area (TPSA) is 115 Å². The van der Waals surface area contributed by atoms with Gasteiger partial charge < -0.3 is 19.9 Å². The van der Waals surface area contributed by atoms with E-state index in [9.17, 15) is 19.6 Å². The molecule has 188 valence electrons. The number of amides is 2. The molecule has 37 heavy (non-hydrogen) atoms. The Hall–Kier alpha value is -4.38. The molecule has 8 nitrogen and oxygen atoms in total. The number of fused-ring (bicyclic) bond motifs is 2. The van der Waals surface area contributed by atoms with Gasteiger partial charge in [-0.15, -0.1) is 0 Å². The summed E-state index contributed by atoms with van der Waals surface area (Å²) < 4.78 is 5.62. The Morgan fingerprint density at radius 3 is 2.62 bits per heavy atom. The second-order valence-electron chi connectivity index (χ2n) is 9.80. The standard InChI is InChI=1S/C29H28N4O4/c1-19-14-21(15-26(34)31-19)28(36)33-12-10-29(11-13-33)16-24(22-7-3-4-8-23(22)29)32-27(35)18-37-25-9-5-2-6-20(25)17-30/h2-9,14-15,24H,10-13,16,18H2,1H3,(H,31,34)(H,32,35). The van der Waals surface area contributed by atoms with E-state index in [0.717, 1.165) is 24.8 Å². The summed E-state index contributed by atoms with van der Waals surface area (Å²) in [5.41, 5.74) is 3.36. The Balaban J connectivity index is 1.26. The third-order valence-electron chi connectivity index (χ3n) is 7.44. The number of H-pyrrole nitrogens is 1. The summed E-state index contributed by atoms with van der Waals surface area (Å²) in [6.07, 6.45) is 2.30. The molecule has 1 aliphatic heterocycles. The lowest BCUT2D eigenvalue weighted by Crippen LogP contribution is -2.45. The van der Waals surface area contributed by atoms with E-state index < -0.39 is 0 Å². The summed E-state index contributed by atoms with van der Waals surface area (Å²) in [5.74, 6) is 0.00736. The fourth-order valence-electron chi connectivity index (χ4n) is 5.69. The number of carbonyl (C=O) groups is 2. The van der Waals surface area contributed by atoms with Crippen LogP contribution in [-0.2, 0) is 10.2 Å². The number of para-hydroxylation sites is 1. The number of pyridine rings is 1. The van der Waals surface area contributed by atoms with E-state index in [-0.39, 0.29) is 35.4 Å². The molecule has 2 amide bonds. The molecule has 0 radical (unpaired) electrons. The lowest BCUT2D eigenvalue weighted by Gasteiger charge is -2.40. The van der Waals surface area contributed by atoms with Crippen molar-refractivity contribution in [2.24, 2.45) is 0 Å². The number of piperidine rings is 1. The Morgan fingerprint density at radius 2 is 1.86 bits per heavy atom. The van der Waals surface area contributed by atoms with Gasteiger partial charge in [-0.1, -0.05) is 36.4 Å². The zero-order chi connectivity index (χ0) is 26.0. The van der Waals surface area contributed by atoms with E-state index in [1.807, 2.05) is 17.0 Å². The summed E-state index contributed by atoms with van der Waals surface area (Å²) in [5, 5.41) is 12.4. The summed E-state index contributed by atoms with van der Waals surface area (Å²) in [4.78, 5) is 42.2. The molecular weight excluding hydrogens is 468 g/mol. The van der Waals surface area contributed by atoms with Crippen molar-refractivity contribution >= 4 is 11.8 Å². The summed E-state index contributed by atoms with van der Waals surface area (Å²) >= 11 is 0. The van der Waals surface area contributed by atoms with E-state index in [2.05, 4.69) is 28.5 Å². The molecule has 0 bridgehead atoms. The van der Waals surface area contributed by atoms with Crippen molar-refractivity contribution in [1.82, 2.24) is 15.2 Å². The van der Waals surface area contributed by atoms with Crippen molar-refractivity contribution < 1.29 is 14.3 Å². The number of benzene rings is 2. The van der Waals surface area contributed by atoms with Gasteiger partial charge in [0.05, 0.1) is 11.6 Å². The minimum Gasteiger partial charge on any atom is -0.482 e. The molecule has 1 atom stereocenters. The van der Waals surface area contributed by atoms with Gasteiger partial charge in [0.25, 0.3) is 11.8 Å². The van der Waals surface area contributed by atoms with Gasteiger partial charge in [-0.25, -0.2) is 0 Å². The molecule has 5 rings (SSSR count). The van der Waals surface area contributed by atoms with Crippen LogP contribution in [0.1, 0.15) is 58.0 Å². The molecule has 2 heterocycles. The first kappa shape index (κ1) is 24.3. The lowest BCUT2D eigenvalue weighted by atomic mass is 9.73. The number of rotatable bonds is 5. The molecule has 1 spiro atoms. The number of aryl methyl sites for hydroxylation is 1. The third-order valence-corrected chi connectivity index (χ3v) is 7.44.